The maximum Gasteiger partial charge on any atom is 0.339 e. The van der Waals surface area contributed by atoms with Crippen molar-refractivity contribution in [2.75, 3.05) is 19.7 Å². The van der Waals surface area contributed by atoms with Gasteiger partial charge in [-0.15, -0.1) is 0 Å². The molecule has 4 rings (SSSR count). The Hall–Kier alpha value is -2.47. The Kier molecular flexibility index (Phi) is 5.31. The number of esters is 1. The number of rotatable bonds is 3. The van der Waals surface area contributed by atoms with Gasteiger partial charge in [0, 0.05) is 24.2 Å². The van der Waals surface area contributed by atoms with Crippen LogP contribution >= 0.6 is 0 Å². The van der Waals surface area contributed by atoms with E-state index in [1.165, 1.54) is 0 Å². The van der Waals surface area contributed by atoms with Crippen LogP contribution in [0.15, 0.2) is 24.3 Å². The van der Waals surface area contributed by atoms with Crippen molar-refractivity contribution in [1.82, 2.24) is 9.88 Å². The topological polar surface area (TPSA) is 68.7 Å². The molecule has 1 aliphatic heterocycles. The molecule has 28 heavy (non-hydrogen) atoms. The Morgan fingerprint density at radius 1 is 1.14 bits per heavy atom. The molecule has 6 heteroatoms. The molecule has 148 valence electrons. The van der Waals surface area contributed by atoms with Crippen LogP contribution in [0.1, 0.15) is 48.3 Å². The predicted octanol–water partition coefficient (Wildman–Crippen LogP) is 2.91. The minimum atomic E-state index is -0.431. The molecule has 1 saturated heterocycles. The molecular weight excluding hydrogens is 356 g/mol. The summed E-state index contributed by atoms with van der Waals surface area (Å²) in [6.45, 7) is 4.68. The second kappa shape index (κ2) is 7.87. The summed E-state index contributed by atoms with van der Waals surface area (Å²) in [5.41, 5.74) is 3.35. The predicted molar refractivity (Wildman–Crippen MR) is 105 cm³/mol. The van der Waals surface area contributed by atoms with Gasteiger partial charge in [-0.25, -0.2) is 4.79 Å². The molecule has 1 aromatic carbocycles. The Morgan fingerprint density at radius 3 is 2.64 bits per heavy atom. The van der Waals surface area contributed by atoms with Gasteiger partial charge < -0.3 is 14.4 Å². The molecule has 1 aliphatic carbocycles. The summed E-state index contributed by atoms with van der Waals surface area (Å²) in [6.07, 6.45) is 3.79. The maximum absolute atomic E-state index is 13.0. The molecule has 1 amide bonds. The van der Waals surface area contributed by atoms with Gasteiger partial charge in [0.1, 0.15) is 0 Å². The number of para-hydroxylation sites is 1. The van der Waals surface area contributed by atoms with Crippen LogP contribution in [0.2, 0.25) is 0 Å². The lowest BCUT2D eigenvalue weighted by Gasteiger charge is -2.35. The molecule has 0 saturated carbocycles. The van der Waals surface area contributed by atoms with E-state index in [-0.39, 0.29) is 24.7 Å². The van der Waals surface area contributed by atoms with E-state index in [0.29, 0.717) is 18.7 Å². The zero-order valence-electron chi connectivity index (χ0n) is 16.4. The number of amides is 1. The SMILES string of the molecule is C[C@@H]1CN(C(=O)COC(=O)c2c3c(nc4ccccc24)CCCC3)C[C@@H](C)O1. The van der Waals surface area contributed by atoms with E-state index in [0.717, 1.165) is 47.8 Å². The number of nitrogens with zero attached hydrogens (tertiary/aromatic N) is 2. The van der Waals surface area contributed by atoms with Gasteiger partial charge in [0.25, 0.3) is 5.91 Å². The van der Waals surface area contributed by atoms with E-state index < -0.39 is 5.97 Å². The van der Waals surface area contributed by atoms with E-state index in [2.05, 4.69) is 0 Å². The molecule has 2 aliphatic rings. The highest BCUT2D eigenvalue weighted by molar-refractivity contribution is 6.05. The van der Waals surface area contributed by atoms with Crippen LogP contribution in [0, 0.1) is 0 Å². The fraction of sp³-hybridized carbons (Fsp3) is 0.500. The lowest BCUT2D eigenvalue weighted by molar-refractivity contribution is -0.146. The Bertz CT molecular complexity index is 901. The molecule has 2 atom stereocenters. The summed E-state index contributed by atoms with van der Waals surface area (Å²) in [5, 5.41) is 0.800. The molecule has 0 unspecified atom stereocenters. The van der Waals surface area contributed by atoms with E-state index in [4.69, 9.17) is 14.5 Å². The van der Waals surface area contributed by atoms with Crippen LogP contribution < -0.4 is 0 Å². The molecular formula is C22H26N2O4. The van der Waals surface area contributed by atoms with E-state index in [9.17, 15) is 9.59 Å². The molecule has 1 fully saturated rings. The van der Waals surface area contributed by atoms with Crippen molar-refractivity contribution >= 4 is 22.8 Å². The van der Waals surface area contributed by atoms with Gasteiger partial charge in [0.2, 0.25) is 0 Å². The van der Waals surface area contributed by atoms with Crippen molar-refractivity contribution in [1.29, 1.82) is 0 Å². The summed E-state index contributed by atoms with van der Waals surface area (Å²) in [7, 11) is 0. The zero-order chi connectivity index (χ0) is 19.7. The first kappa shape index (κ1) is 18.9. The molecule has 2 heterocycles. The van der Waals surface area contributed by atoms with Gasteiger partial charge in [-0.3, -0.25) is 9.78 Å². The van der Waals surface area contributed by atoms with Gasteiger partial charge in [-0.1, -0.05) is 18.2 Å². The number of fused-ring (bicyclic) bond motifs is 2. The number of carbonyl (C=O) groups is 2. The van der Waals surface area contributed by atoms with Crippen molar-refractivity contribution in [3.63, 3.8) is 0 Å². The van der Waals surface area contributed by atoms with Gasteiger partial charge in [0.15, 0.2) is 6.61 Å². The summed E-state index contributed by atoms with van der Waals surface area (Å²) in [4.78, 5) is 32.0. The second-order valence-electron chi connectivity index (χ2n) is 7.77. The zero-order valence-corrected chi connectivity index (χ0v) is 16.4. The van der Waals surface area contributed by atoms with Crippen LogP contribution in [-0.2, 0) is 27.1 Å². The van der Waals surface area contributed by atoms with Crippen molar-refractivity contribution in [3.8, 4) is 0 Å². The van der Waals surface area contributed by atoms with Crippen molar-refractivity contribution in [2.24, 2.45) is 0 Å². The number of aryl methyl sites for hydroxylation is 1. The number of hydrogen-bond acceptors (Lipinski definition) is 5. The Balaban J connectivity index is 1.55. The second-order valence-corrected chi connectivity index (χ2v) is 7.77. The summed E-state index contributed by atoms with van der Waals surface area (Å²) in [5.74, 6) is -0.609. The Morgan fingerprint density at radius 2 is 1.86 bits per heavy atom. The third kappa shape index (κ3) is 3.74. The van der Waals surface area contributed by atoms with E-state index in [1.807, 2.05) is 38.1 Å². The van der Waals surface area contributed by atoms with Gasteiger partial charge in [-0.2, -0.15) is 0 Å². The largest absolute Gasteiger partial charge is 0.452 e. The highest BCUT2D eigenvalue weighted by Gasteiger charge is 2.28. The van der Waals surface area contributed by atoms with Crippen molar-refractivity contribution < 1.29 is 19.1 Å². The van der Waals surface area contributed by atoms with Gasteiger partial charge >= 0.3 is 5.97 Å². The first-order valence-corrected chi connectivity index (χ1v) is 10.0. The van der Waals surface area contributed by atoms with Gasteiger partial charge in [-0.05, 0) is 51.2 Å². The summed E-state index contributed by atoms with van der Waals surface area (Å²) in [6, 6.07) is 7.64. The number of benzene rings is 1. The number of hydrogen-bond donors (Lipinski definition) is 0. The quantitative estimate of drug-likeness (QED) is 0.764. The first-order chi connectivity index (χ1) is 13.5. The molecule has 0 spiro atoms. The fourth-order valence-electron chi connectivity index (χ4n) is 4.28. The third-order valence-corrected chi connectivity index (χ3v) is 5.47. The normalized spacial score (nSPS) is 22.0. The van der Waals surface area contributed by atoms with E-state index >= 15 is 0 Å². The van der Waals surface area contributed by atoms with Crippen LogP contribution in [-0.4, -0.2) is 53.7 Å². The summed E-state index contributed by atoms with van der Waals surface area (Å²) >= 11 is 0. The number of ether oxygens (including phenoxy) is 2. The standard InChI is InChI=1S/C22H26N2O4/c1-14-11-24(12-15(2)28-14)20(25)13-27-22(26)21-16-7-3-5-9-18(16)23-19-10-6-4-8-17(19)21/h3,5,7,9,14-15H,4,6,8,10-13H2,1-2H3/t14-,15-/m1/s1. The van der Waals surface area contributed by atoms with Crippen LogP contribution in [0.25, 0.3) is 10.9 Å². The molecule has 0 bridgehead atoms. The highest BCUT2D eigenvalue weighted by Crippen LogP contribution is 2.29. The monoisotopic (exact) mass is 382 g/mol. The third-order valence-electron chi connectivity index (χ3n) is 5.47. The van der Waals surface area contributed by atoms with Crippen molar-refractivity contribution in [2.45, 2.75) is 51.7 Å². The highest BCUT2D eigenvalue weighted by atomic mass is 16.5. The Labute approximate surface area is 164 Å². The van der Waals surface area contributed by atoms with Crippen LogP contribution in [0.4, 0.5) is 0 Å². The minimum Gasteiger partial charge on any atom is -0.452 e. The first-order valence-electron chi connectivity index (χ1n) is 10.0. The lowest BCUT2D eigenvalue weighted by Crippen LogP contribution is -2.49. The number of morpholine rings is 1. The summed E-state index contributed by atoms with van der Waals surface area (Å²) < 4.78 is 11.2. The molecule has 0 N–H and O–H groups in total. The smallest absolute Gasteiger partial charge is 0.339 e. The van der Waals surface area contributed by atoms with E-state index in [1.54, 1.807) is 4.90 Å². The molecule has 1 aromatic heterocycles. The number of aromatic nitrogens is 1. The molecule has 2 aromatic rings. The van der Waals surface area contributed by atoms with Crippen LogP contribution in [0.3, 0.4) is 0 Å². The maximum atomic E-state index is 13.0. The average molecular weight is 382 g/mol. The fourth-order valence-corrected chi connectivity index (χ4v) is 4.28. The van der Waals surface area contributed by atoms with Crippen LogP contribution in [0.5, 0.6) is 0 Å². The van der Waals surface area contributed by atoms with Crippen molar-refractivity contribution in [3.05, 3.63) is 41.1 Å². The molecule has 6 nitrogen and oxygen atoms in total. The number of pyridine rings is 1. The lowest BCUT2D eigenvalue weighted by atomic mass is 9.90. The average Bonchev–Trinajstić information content (AvgIpc) is 2.69. The minimum absolute atomic E-state index is 0.0143. The number of carbonyl (C=O) groups excluding carboxylic acids is 2. The van der Waals surface area contributed by atoms with Gasteiger partial charge in [0.05, 0.1) is 23.3 Å². The molecule has 0 radical (unpaired) electrons.